The molecule has 0 spiro atoms. The maximum atomic E-state index is 12.7. The van der Waals surface area contributed by atoms with Gasteiger partial charge in [-0.3, -0.25) is 4.79 Å². The Morgan fingerprint density at radius 3 is 2.25 bits per heavy atom. The molecule has 0 heterocycles. The molecule has 1 amide bonds. The average Bonchev–Trinajstić information content (AvgIpc) is 2.27. The number of carbonyl (C=O) groups excluding carboxylic acids is 1. The molecule has 0 aliphatic rings. The first kappa shape index (κ1) is 13.0. The van der Waals surface area contributed by atoms with Crippen LogP contribution in [0.3, 0.4) is 0 Å². The van der Waals surface area contributed by atoms with Crippen molar-refractivity contribution in [3.63, 3.8) is 0 Å². The molecule has 1 aromatic rings. The molecule has 0 saturated carbocycles. The van der Waals surface area contributed by atoms with E-state index in [0.29, 0.717) is 0 Å². The molecular weight excluding hydrogens is 229 g/mol. The molecule has 2 atom stereocenters. The van der Waals surface area contributed by atoms with E-state index < -0.39 is 5.38 Å². The summed E-state index contributed by atoms with van der Waals surface area (Å²) in [5, 5.41) is -0.548. The van der Waals surface area contributed by atoms with Gasteiger partial charge in [-0.05, 0) is 31.5 Å². The molecule has 0 aliphatic carbocycles. The maximum Gasteiger partial charge on any atom is 0.240 e. The van der Waals surface area contributed by atoms with E-state index in [1.807, 2.05) is 6.92 Å². The van der Waals surface area contributed by atoms with E-state index in [4.69, 9.17) is 11.6 Å². The van der Waals surface area contributed by atoms with Gasteiger partial charge in [-0.25, -0.2) is 4.39 Å². The normalized spacial score (nSPS) is 14.3. The highest BCUT2D eigenvalue weighted by Gasteiger charge is 2.20. The Hall–Kier alpha value is -1.09. The van der Waals surface area contributed by atoms with Crippen LogP contribution < -0.4 is 0 Å². The van der Waals surface area contributed by atoms with E-state index in [-0.39, 0.29) is 17.8 Å². The van der Waals surface area contributed by atoms with Crippen LogP contribution in [-0.2, 0) is 4.79 Å². The predicted molar refractivity (Wildman–Crippen MR) is 62.9 cm³/mol. The van der Waals surface area contributed by atoms with Crippen molar-refractivity contribution in [3.8, 4) is 0 Å². The summed E-state index contributed by atoms with van der Waals surface area (Å²) in [6.45, 7) is 3.52. The van der Waals surface area contributed by atoms with E-state index in [1.54, 1.807) is 31.0 Å². The smallest absolute Gasteiger partial charge is 0.240 e. The number of hydrogen-bond acceptors (Lipinski definition) is 1. The van der Waals surface area contributed by atoms with Crippen molar-refractivity contribution < 1.29 is 9.18 Å². The lowest BCUT2D eigenvalue weighted by Gasteiger charge is -2.26. The van der Waals surface area contributed by atoms with Gasteiger partial charge in [0.25, 0.3) is 0 Å². The number of rotatable bonds is 3. The standard InChI is InChI=1S/C12H15ClFNO/c1-8(13)12(16)15(3)9(2)10-4-6-11(14)7-5-10/h4-9H,1-3H3. The van der Waals surface area contributed by atoms with Gasteiger partial charge in [-0.1, -0.05) is 12.1 Å². The minimum absolute atomic E-state index is 0.116. The third-order valence-corrected chi connectivity index (χ3v) is 2.81. The molecular formula is C12H15ClFNO. The second-order valence-corrected chi connectivity index (χ2v) is 4.45. The molecule has 1 aromatic carbocycles. The fourth-order valence-electron chi connectivity index (χ4n) is 1.44. The van der Waals surface area contributed by atoms with E-state index >= 15 is 0 Å². The van der Waals surface area contributed by atoms with Gasteiger partial charge < -0.3 is 4.90 Å². The Morgan fingerprint density at radius 1 is 1.31 bits per heavy atom. The number of carbonyl (C=O) groups is 1. The predicted octanol–water partition coefficient (Wildman–Crippen LogP) is 2.97. The molecule has 2 nitrogen and oxygen atoms in total. The Morgan fingerprint density at radius 2 is 1.81 bits per heavy atom. The van der Waals surface area contributed by atoms with Gasteiger partial charge in [-0.2, -0.15) is 0 Å². The van der Waals surface area contributed by atoms with Gasteiger partial charge in [0, 0.05) is 7.05 Å². The maximum absolute atomic E-state index is 12.7. The zero-order valence-corrected chi connectivity index (χ0v) is 10.3. The van der Waals surface area contributed by atoms with E-state index in [2.05, 4.69) is 0 Å². The molecule has 1 rings (SSSR count). The third kappa shape index (κ3) is 2.95. The van der Waals surface area contributed by atoms with Crippen LogP contribution in [0.1, 0.15) is 25.5 Å². The van der Waals surface area contributed by atoms with Crippen molar-refractivity contribution in [2.45, 2.75) is 25.3 Å². The first-order valence-corrected chi connectivity index (χ1v) is 5.53. The number of halogens is 2. The van der Waals surface area contributed by atoms with Crippen molar-refractivity contribution in [2.75, 3.05) is 7.05 Å². The van der Waals surface area contributed by atoms with Crippen molar-refractivity contribution in [2.24, 2.45) is 0 Å². The minimum atomic E-state index is -0.548. The molecule has 2 unspecified atom stereocenters. The third-order valence-electron chi connectivity index (χ3n) is 2.62. The van der Waals surface area contributed by atoms with Crippen LogP contribution in [0.25, 0.3) is 0 Å². The molecule has 0 saturated heterocycles. The molecule has 0 aliphatic heterocycles. The molecule has 4 heteroatoms. The van der Waals surface area contributed by atoms with Crippen LogP contribution in [-0.4, -0.2) is 23.2 Å². The molecule has 0 N–H and O–H groups in total. The fourth-order valence-corrected chi connectivity index (χ4v) is 1.59. The zero-order chi connectivity index (χ0) is 12.3. The summed E-state index contributed by atoms with van der Waals surface area (Å²) in [7, 11) is 1.69. The molecule has 88 valence electrons. The highest BCUT2D eigenvalue weighted by atomic mass is 35.5. The number of amides is 1. The Bertz CT molecular complexity index is 364. The summed E-state index contributed by atoms with van der Waals surface area (Å²) in [6.07, 6.45) is 0. The topological polar surface area (TPSA) is 20.3 Å². The summed E-state index contributed by atoms with van der Waals surface area (Å²) in [5.41, 5.74) is 0.884. The summed E-state index contributed by atoms with van der Waals surface area (Å²) in [6, 6.07) is 5.99. The largest absolute Gasteiger partial charge is 0.338 e. The Labute approximate surface area is 100 Å². The molecule has 0 aromatic heterocycles. The van der Waals surface area contributed by atoms with Gasteiger partial charge in [0.15, 0.2) is 0 Å². The first-order chi connectivity index (χ1) is 7.43. The van der Waals surface area contributed by atoms with Crippen molar-refractivity contribution >= 4 is 17.5 Å². The first-order valence-electron chi connectivity index (χ1n) is 5.09. The van der Waals surface area contributed by atoms with Crippen LogP contribution in [0.5, 0.6) is 0 Å². The number of hydrogen-bond donors (Lipinski definition) is 0. The van der Waals surface area contributed by atoms with Crippen LogP contribution in [0.15, 0.2) is 24.3 Å². The zero-order valence-electron chi connectivity index (χ0n) is 9.58. The Balaban J connectivity index is 2.81. The van der Waals surface area contributed by atoms with E-state index in [1.165, 1.54) is 12.1 Å². The lowest BCUT2D eigenvalue weighted by Crippen LogP contribution is -2.34. The summed E-state index contributed by atoms with van der Waals surface area (Å²) in [4.78, 5) is 13.2. The molecule has 0 radical (unpaired) electrons. The van der Waals surface area contributed by atoms with E-state index in [9.17, 15) is 9.18 Å². The van der Waals surface area contributed by atoms with Gasteiger partial charge in [0.1, 0.15) is 11.2 Å². The van der Waals surface area contributed by atoms with Crippen molar-refractivity contribution in [1.82, 2.24) is 4.90 Å². The van der Waals surface area contributed by atoms with Gasteiger partial charge in [0.2, 0.25) is 5.91 Å². The van der Waals surface area contributed by atoms with Gasteiger partial charge in [0.05, 0.1) is 6.04 Å². The second kappa shape index (κ2) is 5.30. The Kier molecular flexibility index (Phi) is 4.30. The quantitative estimate of drug-likeness (QED) is 0.748. The lowest BCUT2D eigenvalue weighted by atomic mass is 10.1. The monoisotopic (exact) mass is 243 g/mol. The van der Waals surface area contributed by atoms with Crippen molar-refractivity contribution in [3.05, 3.63) is 35.6 Å². The SMILES string of the molecule is CC(Cl)C(=O)N(C)C(C)c1ccc(F)cc1. The second-order valence-electron chi connectivity index (χ2n) is 3.79. The lowest BCUT2D eigenvalue weighted by molar-refractivity contribution is -0.131. The van der Waals surface area contributed by atoms with Crippen LogP contribution in [0.2, 0.25) is 0 Å². The molecule has 0 bridgehead atoms. The fraction of sp³-hybridized carbons (Fsp3) is 0.417. The van der Waals surface area contributed by atoms with Crippen LogP contribution in [0.4, 0.5) is 4.39 Å². The number of nitrogens with zero attached hydrogens (tertiary/aromatic N) is 1. The van der Waals surface area contributed by atoms with E-state index in [0.717, 1.165) is 5.56 Å². The molecule has 0 fully saturated rings. The summed E-state index contributed by atoms with van der Waals surface area (Å²) < 4.78 is 12.7. The highest BCUT2D eigenvalue weighted by Crippen LogP contribution is 2.20. The highest BCUT2D eigenvalue weighted by molar-refractivity contribution is 6.30. The van der Waals surface area contributed by atoms with Crippen LogP contribution in [0, 0.1) is 5.82 Å². The number of benzene rings is 1. The van der Waals surface area contributed by atoms with Gasteiger partial charge >= 0.3 is 0 Å². The molecule has 16 heavy (non-hydrogen) atoms. The number of alkyl halides is 1. The average molecular weight is 244 g/mol. The van der Waals surface area contributed by atoms with Crippen LogP contribution >= 0.6 is 11.6 Å². The van der Waals surface area contributed by atoms with Gasteiger partial charge in [-0.15, -0.1) is 11.6 Å². The summed E-state index contributed by atoms with van der Waals surface area (Å²) in [5.74, 6) is -0.422. The minimum Gasteiger partial charge on any atom is -0.338 e. The van der Waals surface area contributed by atoms with Crippen molar-refractivity contribution in [1.29, 1.82) is 0 Å². The summed E-state index contributed by atoms with van der Waals surface area (Å²) >= 11 is 5.73.